The van der Waals surface area contributed by atoms with Crippen LogP contribution >= 0.6 is 0 Å². The van der Waals surface area contributed by atoms with Gasteiger partial charge in [-0.2, -0.15) is 0 Å². The Kier molecular flexibility index (Phi) is 6.50. The molecular formula is C23H30N2O3. The third-order valence-electron chi connectivity index (χ3n) is 4.98. The van der Waals surface area contributed by atoms with Gasteiger partial charge in [-0.1, -0.05) is 60.7 Å². The molecular weight excluding hydrogens is 352 g/mol. The summed E-state index contributed by atoms with van der Waals surface area (Å²) < 4.78 is 12.4. The zero-order valence-electron chi connectivity index (χ0n) is 16.8. The molecule has 1 fully saturated rings. The number of ether oxygens (including phenoxy) is 2. The van der Waals surface area contributed by atoms with Crippen LogP contribution in [0.1, 0.15) is 31.9 Å². The molecule has 4 atom stereocenters. The highest BCUT2D eigenvalue weighted by atomic mass is 16.8. The van der Waals surface area contributed by atoms with Crippen LogP contribution in [0.3, 0.4) is 0 Å². The largest absolute Gasteiger partial charge is 0.351 e. The Morgan fingerprint density at radius 2 is 1.46 bits per heavy atom. The molecule has 5 heteroatoms. The van der Waals surface area contributed by atoms with E-state index in [1.807, 2.05) is 50.2 Å². The number of carbonyl (C=O) groups is 1. The summed E-state index contributed by atoms with van der Waals surface area (Å²) in [4.78, 5) is 11.9. The molecule has 3 rings (SSSR count). The van der Waals surface area contributed by atoms with Gasteiger partial charge < -0.3 is 20.5 Å². The summed E-state index contributed by atoms with van der Waals surface area (Å²) in [5.74, 6) is -0.846. The number of amides is 1. The summed E-state index contributed by atoms with van der Waals surface area (Å²) in [7, 11) is 0. The molecule has 0 aliphatic carbocycles. The molecule has 0 radical (unpaired) electrons. The van der Waals surface area contributed by atoms with Gasteiger partial charge in [0.15, 0.2) is 5.79 Å². The third-order valence-corrected chi connectivity index (χ3v) is 4.98. The van der Waals surface area contributed by atoms with Crippen molar-refractivity contribution in [3.8, 4) is 0 Å². The van der Waals surface area contributed by atoms with Crippen LogP contribution in [-0.2, 0) is 27.1 Å². The molecule has 0 aromatic heterocycles. The average Bonchev–Trinajstić information content (AvgIpc) is 2.98. The minimum atomic E-state index is -0.753. The fourth-order valence-corrected chi connectivity index (χ4v) is 3.84. The van der Waals surface area contributed by atoms with Gasteiger partial charge in [-0.05, 0) is 37.8 Å². The fourth-order valence-electron chi connectivity index (χ4n) is 3.84. The Bertz CT molecular complexity index is 764. The first-order valence-electron chi connectivity index (χ1n) is 9.80. The third kappa shape index (κ3) is 5.41. The lowest BCUT2D eigenvalue weighted by Gasteiger charge is -2.30. The van der Waals surface area contributed by atoms with Crippen LogP contribution in [0.5, 0.6) is 0 Å². The van der Waals surface area contributed by atoms with Crippen molar-refractivity contribution in [2.45, 2.75) is 63.7 Å². The standard InChI is InChI=1S/C23H30N2O3/c1-16(26)25-20(15-18-12-8-5-9-13-18)22-21(27-23(2,3)28-22)19(24)14-17-10-6-4-7-11-17/h4-13,19-22H,14-15,24H2,1-3H3,(H,25,26)/t19-,20-,21?,22?/m1/s1. The highest BCUT2D eigenvalue weighted by Crippen LogP contribution is 2.33. The van der Waals surface area contributed by atoms with E-state index < -0.39 is 5.79 Å². The summed E-state index contributed by atoms with van der Waals surface area (Å²) >= 11 is 0. The normalized spacial score (nSPS) is 23.1. The highest BCUT2D eigenvalue weighted by Gasteiger charge is 2.47. The molecule has 0 bridgehead atoms. The number of nitrogens with one attached hydrogen (secondary N) is 1. The van der Waals surface area contributed by atoms with Crippen LogP contribution in [0.4, 0.5) is 0 Å². The van der Waals surface area contributed by atoms with E-state index in [9.17, 15) is 4.79 Å². The van der Waals surface area contributed by atoms with Crippen LogP contribution in [-0.4, -0.2) is 36.0 Å². The first kappa shape index (κ1) is 20.5. The minimum Gasteiger partial charge on any atom is -0.351 e. The van der Waals surface area contributed by atoms with Gasteiger partial charge in [-0.25, -0.2) is 0 Å². The monoisotopic (exact) mass is 382 g/mol. The molecule has 2 aromatic carbocycles. The van der Waals surface area contributed by atoms with Gasteiger partial charge in [0.05, 0.1) is 6.04 Å². The summed E-state index contributed by atoms with van der Waals surface area (Å²) in [6, 6.07) is 19.7. The molecule has 1 aliphatic heterocycles. The number of nitrogens with two attached hydrogens (primary N) is 1. The van der Waals surface area contributed by atoms with Crippen LogP contribution in [0.25, 0.3) is 0 Å². The van der Waals surface area contributed by atoms with Gasteiger partial charge in [0.25, 0.3) is 0 Å². The zero-order valence-corrected chi connectivity index (χ0v) is 16.8. The number of carbonyl (C=O) groups excluding carboxylic acids is 1. The predicted octanol–water partition coefficient (Wildman–Crippen LogP) is 2.82. The molecule has 5 nitrogen and oxygen atoms in total. The van der Waals surface area contributed by atoms with E-state index in [4.69, 9.17) is 15.2 Å². The smallest absolute Gasteiger partial charge is 0.217 e. The van der Waals surface area contributed by atoms with E-state index in [0.29, 0.717) is 12.8 Å². The van der Waals surface area contributed by atoms with Gasteiger partial charge in [0.2, 0.25) is 5.91 Å². The molecule has 2 aromatic rings. The number of hydrogen-bond donors (Lipinski definition) is 2. The van der Waals surface area contributed by atoms with E-state index in [1.54, 1.807) is 0 Å². The summed E-state index contributed by atoms with van der Waals surface area (Å²) in [6.45, 7) is 5.31. The Morgan fingerprint density at radius 3 is 2.00 bits per heavy atom. The Balaban J connectivity index is 1.81. The van der Waals surface area contributed by atoms with Crippen molar-refractivity contribution >= 4 is 5.91 Å². The van der Waals surface area contributed by atoms with Gasteiger partial charge >= 0.3 is 0 Å². The number of hydrogen-bond acceptors (Lipinski definition) is 4. The second-order valence-electron chi connectivity index (χ2n) is 7.92. The maximum Gasteiger partial charge on any atom is 0.217 e. The molecule has 0 spiro atoms. The Labute approximate surface area is 167 Å². The van der Waals surface area contributed by atoms with E-state index in [-0.39, 0.29) is 30.2 Å². The average molecular weight is 383 g/mol. The molecule has 2 unspecified atom stereocenters. The summed E-state index contributed by atoms with van der Waals surface area (Å²) in [6.07, 6.45) is 0.673. The maximum atomic E-state index is 11.9. The molecule has 1 aliphatic rings. The van der Waals surface area contributed by atoms with Crippen LogP contribution in [0.2, 0.25) is 0 Å². The van der Waals surface area contributed by atoms with Crippen molar-refractivity contribution in [1.82, 2.24) is 5.32 Å². The van der Waals surface area contributed by atoms with Crippen molar-refractivity contribution < 1.29 is 14.3 Å². The summed E-state index contributed by atoms with van der Waals surface area (Å²) in [5.41, 5.74) is 8.85. The first-order valence-corrected chi connectivity index (χ1v) is 9.80. The molecule has 150 valence electrons. The van der Waals surface area contributed by atoms with E-state index in [2.05, 4.69) is 29.6 Å². The lowest BCUT2D eigenvalue weighted by molar-refractivity contribution is -0.150. The molecule has 1 amide bonds. The molecule has 1 heterocycles. The maximum absolute atomic E-state index is 11.9. The first-order chi connectivity index (χ1) is 13.3. The second-order valence-corrected chi connectivity index (χ2v) is 7.92. The van der Waals surface area contributed by atoms with Crippen LogP contribution < -0.4 is 11.1 Å². The van der Waals surface area contributed by atoms with Crippen molar-refractivity contribution in [3.63, 3.8) is 0 Å². The van der Waals surface area contributed by atoms with E-state index >= 15 is 0 Å². The zero-order chi connectivity index (χ0) is 20.1. The van der Waals surface area contributed by atoms with Crippen LogP contribution in [0, 0.1) is 0 Å². The SMILES string of the molecule is CC(=O)N[C@H](Cc1ccccc1)C1OC(C)(C)OC1[C@H](N)Cc1ccccc1. The van der Waals surface area contributed by atoms with Gasteiger partial charge in [0, 0.05) is 13.0 Å². The quantitative estimate of drug-likeness (QED) is 0.772. The topological polar surface area (TPSA) is 73.6 Å². The van der Waals surface area contributed by atoms with Gasteiger partial charge in [0.1, 0.15) is 12.2 Å². The van der Waals surface area contributed by atoms with Crippen molar-refractivity contribution in [2.24, 2.45) is 5.73 Å². The van der Waals surface area contributed by atoms with Crippen molar-refractivity contribution in [2.75, 3.05) is 0 Å². The van der Waals surface area contributed by atoms with E-state index in [0.717, 1.165) is 11.1 Å². The Hall–Kier alpha value is -2.21. The van der Waals surface area contributed by atoms with Gasteiger partial charge in [-0.3, -0.25) is 4.79 Å². The van der Waals surface area contributed by atoms with Crippen LogP contribution in [0.15, 0.2) is 60.7 Å². The van der Waals surface area contributed by atoms with Gasteiger partial charge in [-0.15, -0.1) is 0 Å². The van der Waals surface area contributed by atoms with Crippen molar-refractivity contribution in [1.29, 1.82) is 0 Å². The number of benzene rings is 2. The highest BCUT2D eigenvalue weighted by molar-refractivity contribution is 5.73. The number of rotatable bonds is 7. The molecule has 3 N–H and O–H groups in total. The van der Waals surface area contributed by atoms with E-state index in [1.165, 1.54) is 6.92 Å². The fraction of sp³-hybridized carbons (Fsp3) is 0.435. The molecule has 28 heavy (non-hydrogen) atoms. The second kappa shape index (κ2) is 8.86. The van der Waals surface area contributed by atoms with Crippen molar-refractivity contribution in [3.05, 3.63) is 71.8 Å². The molecule has 0 saturated carbocycles. The summed E-state index contributed by atoms with van der Waals surface area (Å²) in [5, 5.41) is 3.06. The molecule has 1 saturated heterocycles. The minimum absolute atomic E-state index is 0.0929. The lowest BCUT2D eigenvalue weighted by atomic mass is 9.91. The predicted molar refractivity (Wildman–Crippen MR) is 110 cm³/mol. The Morgan fingerprint density at radius 1 is 0.964 bits per heavy atom. The lowest BCUT2D eigenvalue weighted by Crippen LogP contribution is -2.53.